The van der Waals surface area contributed by atoms with E-state index in [0.29, 0.717) is 11.1 Å². The fourth-order valence-corrected chi connectivity index (χ4v) is 3.66. The van der Waals surface area contributed by atoms with Gasteiger partial charge in [-0.25, -0.2) is 9.59 Å². The fraction of sp³-hybridized carbons (Fsp3) is 0.130. The molecule has 0 radical (unpaired) electrons. The Morgan fingerprint density at radius 3 is 2.21 bits per heavy atom. The van der Waals surface area contributed by atoms with Crippen molar-refractivity contribution in [2.45, 2.75) is 6.92 Å². The molecule has 1 heterocycles. The highest BCUT2D eigenvalue weighted by Gasteiger charge is 2.20. The van der Waals surface area contributed by atoms with Crippen molar-refractivity contribution in [2.24, 2.45) is 0 Å². The van der Waals surface area contributed by atoms with Crippen LogP contribution in [0.1, 0.15) is 26.3 Å². The van der Waals surface area contributed by atoms with Gasteiger partial charge in [0.2, 0.25) is 0 Å². The molecule has 5 nitrogen and oxygen atoms in total. The van der Waals surface area contributed by atoms with E-state index in [1.54, 1.807) is 12.1 Å². The molecule has 4 rings (SSSR count). The molecule has 140 valence electrons. The van der Waals surface area contributed by atoms with E-state index in [1.165, 1.54) is 14.2 Å². The van der Waals surface area contributed by atoms with Crippen LogP contribution in [-0.2, 0) is 9.47 Å². The maximum atomic E-state index is 12.4. The molecule has 0 saturated carbocycles. The average molecular weight is 373 g/mol. The predicted molar refractivity (Wildman–Crippen MR) is 109 cm³/mol. The van der Waals surface area contributed by atoms with Gasteiger partial charge in [-0.2, -0.15) is 0 Å². The zero-order valence-corrected chi connectivity index (χ0v) is 15.8. The molecule has 0 saturated heterocycles. The second kappa shape index (κ2) is 6.85. The van der Waals surface area contributed by atoms with Crippen LogP contribution in [-0.4, -0.2) is 31.1 Å². The molecule has 0 spiro atoms. The number of benzene rings is 3. The highest BCUT2D eigenvalue weighted by Crippen LogP contribution is 2.37. The van der Waals surface area contributed by atoms with E-state index in [1.807, 2.05) is 49.4 Å². The number of carbonyl (C=O) groups excluding carboxylic acids is 2. The molecule has 0 unspecified atom stereocenters. The topological polar surface area (TPSA) is 68.4 Å². The minimum atomic E-state index is -0.387. The lowest BCUT2D eigenvalue weighted by atomic mass is 9.92. The number of para-hydroxylation sites is 1. The van der Waals surface area contributed by atoms with Crippen LogP contribution in [0.4, 0.5) is 0 Å². The average Bonchev–Trinajstić information content (AvgIpc) is 3.10. The van der Waals surface area contributed by atoms with Gasteiger partial charge in [-0.1, -0.05) is 30.3 Å². The van der Waals surface area contributed by atoms with Crippen LogP contribution < -0.4 is 0 Å². The van der Waals surface area contributed by atoms with Crippen LogP contribution in [0.5, 0.6) is 0 Å². The number of carbonyl (C=O) groups is 2. The van der Waals surface area contributed by atoms with E-state index in [0.717, 1.165) is 38.5 Å². The number of hydrogen-bond donors (Lipinski definition) is 1. The summed E-state index contributed by atoms with van der Waals surface area (Å²) >= 11 is 0. The minimum absolute atomic E-state index is 0.378. The lowest BCUT2D eigenvalue weighted by molar-refractivity contribution is 0.0591. The Labute approximate surface area is 161 Å². The molecule has 1 aromatic heterocycles. The molecule has 0 bridgehead atoms. The number of aromatic amines is 1. The SMILES string of the molecule is COC(=O)c1ccc(-c2c(C)c(C(=O)OC)cc3c2[nH]c2ccccc23)cc1. The Morgan fingerprint density at radius 2 is 1.54 bits per heavy atom. The lowest BCUT2D eigenvalue weighted by Gasteiger charge is -2.13. The quantitative estimate of drug-likeness (QED) is 0.520. The maximum absolute atomic E-state index is 12.4. The summed E-state index contributed by atoms with van der Waals surface area (Å²) in [6, 6.07) is 17.0. The third-order valence-corrected chi connectivity index (χ3v) is 5.06. The standard InChI is InChI=1S/C23H19NO4/c1-13-17(23(26)28-3)12-18-16-6-4-5-7-19(16)24-21(18)20(13)14-8-10-15(11-9-14)22(25)27-2/h4-12,24H,1-3H3. The summed E-state index contributed by atoms with van der Waals surface area (Å²) in [5, 5.41) is 1.99. The Balaban J connectivity index is 2.04. The number of rotatable bonds is 3. The fourth-order valence-electron chi connectivity index (χ4n) is 3.66. The smallest absolute Gasteiger partial charge is 0.338 e. The molecule has 0 atom stereocenters. The molecule has 1 N–H and O–H groups in total. The first-order chi connectivity index (χ1) is 13.5. The van der Waals surface area contributed by atoms with E-state index in [-0.39, 0.29) is 11.9 Å². The van der Waals surface area contributed by atoms with Gasteiger partial charge >= 0.3 is 11.9 Å². The van der Waals surface area contributed by atoms with Gasteiger partial charge in [-0.15, -0.1) is 0 Å². The van der Waals surface area contributed by atoms with Crippen LogP contribution in [0.3, 0.4) is 0 Å². The summed E-state index contributed by atoms with van der Waals surface area (Å²) in [6.07, 6.45) is 0. The van der Waals surface area contributed by atoms with Gasteiger partial charge in [0.05, 0.1) is 30.9 Å². The largest absolute Gasteiger partial charge is 0.465 e. The van der Waals surface area contributed by atoms with Crippen molar-refractivity contribution in [2.75, 3.05) is 14.2 Å². The highest BCUT2D eigenvalue weighted by molar-refractivity contribution is 6.15. The molecular formula is C23H19NO4. The summed E-state index contributed by atoms with van der Waals surface area (Å²) < 4.78 is 9.77. The van der Waals surface area contributed by atoms with Crippen LogP contribution in [0.2, 0.25) is 0 Å². The molecule has 0 aliphatic heterocycles. The number of ether oxygens (including phenoxy) is 2. The van der Waals surface area contributed by atoms with E-state index < -0.39 is 0 Å². The van der Waals surface area contributed by atoms with Crippen molar-refractivity contribution >= 4 is 33.7 Å². The molecule has 28 heavy (non-hydrogen) atoms. The maximum Gasteiger partial charge on any atom is 0.338 e. The van der Waals surface area contributed by atoms with Gasteiger partial charge in [0.1, 0.15) is 0 Å². The summed E-state index contributed by atoms with van der Waals surface area (Å²) in [6.45, 7) is 1.90. The third-order valence-electron chi connectivity index (χ3n) is 5.06. The molecule has 0 aliphatic rings. The van der Waals surface area contributed by atoms with Crippen LogP contribution >= 0.6 is 0 Å². The summed E-state index contributed by atoms with van der Waals surface area (Å²) in [5.74, 6) is -0.764. The number of nitrogens with one attached hydrogen (secondary N) is 1. The molecule has 5 heteroatoms. The van der Waals surface area contributed by atoms with Crippen molar-refractivity contribution in [3.8, 4) is 11.1 Å². The second-order valence-corrected chi connectivity index (χ2v) is 6.58. The van der Waals surface area contributed by atoms with E-state index >= 15 is 0 Å². The van der Waals surface area contributed by atoms with E-state index in [4.69, 9.17) is 9.47 Å². The van der Waals surface area contributed by atoms with Gasteiger partial charge in [0.15, 0.2) is 0 Å². The summed E-state index contributed by atoms with van der Waals surface area (Å²) in [5.41, 5.74) is 5.55. The lowest BCUT2D eigenvalue weighted by Crippen LogP contribution is -2.05. The molecule has 0 amide bonds. The van der Waals surface area contributed by atoms with Crippen molar-refractivity contribution in [1.29, 1.82) is 0 Å². The van der Waals surface area contributed by atoms with Crippen molar-refractivity contribution in [1.82, 2.24) is 4.98 Å². The van der Waals surface area contributed by atoms with Gasteiger partial charge in [-0.05, 0) is 42.3 Å². The van der Waals surface area contributed by atoms with Gasteiger partial charge in [-0.3, -0.25) is 0 Å². The molecule has 4 aromatic rings. The number of fused-ring (bicyclic) bond motifs is 3. The van der Waals surface area contributed by atoms with Crippen LogP contribution in [0.25, 0.3) is 32.9 Å². The first-order valence-corrected chi connectivity index (χ1v) is 8.86. The summed E-state index contributed by atoms with van der Waals surface area (Å²) in [4.78, 5) is 27.6. The van der Waals surface area contributed by atoms with Gasteiger partial charge < -0.3 is 14.5 Å². The number of aromatic nitrogens is 1. The van der Waals surface area contributed by atoms with Gasteiger partial charge in [0.25, 0.3) is 0 Å². The highest BCUT2D eigenvalue weighted by atomic mass is 16.5. The molecule has 3 aromatic carbocycles. The molecule has 0 aliphatic carbocycles. The normalized spacial score (nSPS) is 11.0. The first-order valence-electron chi connectivity index (χ1n) is 8.86. The number of H-pyrrole nitrogens is 1. The van der Waals surface area contributed by atoms with Gasteiger partial charge in [0, 0.05) is 21.9 Å². The monoisotopic (exact) mass is 373 g/mol. The zero-order chi connectivity index (χ0) is 19.8. The Bertz CT molecular complexity index is 1220. The van der Waals surface area contributed by atoms with E-state index in [9.17, 15) is 9.59 Å². The van der Waals surface area contributed by atoms with E-state index in [2.05, 4.69) is 4.98 Å². The van der Waals surface area contributed by atoms with Crippen LogP contribution in [0, 0.1) is 6.92 Å². The Morgan fingerprint density at radius 1 is 0.857 bits per heavy atom. The number of methoxy groups -OCH3 is 2. The molecule has 0 fully saturated rings. The predicted octanol–water partition coefficient (Wildman–Crippen LogP) is 4.87. The number of hydrogen-bond acceptors (Lipinski definition) is 4. The molecular weight excluding hydrogens is 354 g/mol. The first kappa shape index (κ1) is 17.8. The Kier molecular flexibility index (Phi) is 4.35. The van der Waals surface area contributed by atoms with Crippen LogP contribution in [0.15, 0.2) is 54.6 Å². The third kappa shape index (κ3) is 2.72. The second-order valence-electron chi connectivity index (χ2n) is 6.58. The summed E-state index contributed by atoms with van der Waals surface area (Å²) in [7, 11) is 2.74. The van der Waals surface area contributed by atoms with Crippen molar-refractivity contribution < 1.29 is 19.1 Å². The Hall–Kier alpha value is -3.60. The number of esters is 2. The zero-order valence-electron chi connectivity index (χ0n) is 15.8. The van der Waals surface area contributed by atoms with Crippen molar-refractivity contribution in [3.63, 3.8) is 0 Å². The minimum Gasteiger partial charge on any atom is -0.465 e. The van der Waals surface area contributed by atoms with Crippen molar-refractivity contribution in [3.05, 3.63) is 71.3 Å².